The van der Waals surface area contributed by atoms with Crippen LogP contribution in [0.1, 0.15) is 0 Å². The van der Waals surface area contributed by atoms with Crippen LogP contribution in [0.5, 0.6) is 0 Å². The summed E-state index contributed by atoms with van der Waals surface area (Å²) in [6.07, 6.45) is 2.23. The van der Waals surface area contributed by atoms with Crippen LogP contribution in [0.2, 0.25) is 0 Å². The molecule has 2 heteroatoms. The van der Waals surface area contributed by atoms with Gasteiger partial charge >= 0.3 is 0 Å². The van der Waals surface area contributed by atoms with Crippen LogP contribution in [0.4, 0.5) is 0 Å². The second kappa shape index (κ2) is 12.2. The van der Waals surface area contributed by atoms with E-state index in [0.29, 0.717) is 0 Å². The molecule has 0 atom stereocenters. The molecule has 252 valence electrons. The molecule has 0 N–H and O–H groups in total. The Balaban J connectivity index is 1.06. The van der Waals surface area contributed by atoms with Crippen molar-refractivity contribution in [3.05, 3.63) is 206 Å². The van der Waals surface area contributed by atoms with Gasteiger partial charge in [0.2, 0.25) is 0 Å². The van der Waals surface area contributed by atoms with Crippen molar-refractivity contribution >= 4 is 54.3 Å². The van der Waals surface area contributed by atoms with E-state index >= 15 is 0 Å². The van der Waals surface area contributed by atoms with Crippen LogP contribution < -0.4 is 0 Å². The predicted octanol–water partition coefficient (Wildman–Crippen LogP) is 14.0. The zero-order valence-electron chi connectivity index (χ0n) is 29.5. The maximum absolute atomic E-state index is 2.45. The standard InChI is InChI=1S/C52H34N2/c1-3-11-35(12-4-1)43-32-44(36-13-5-2-6-14-36)34-46(33-43)53-28-27-49-50(53)26-25-48-47-17-9-10-18-51(47)54(52(48)49)45-23-21-37(22-24-45)40-19-20-41-29-38-15-7-8-16-39(38)30-42(41)31-40/h1-34H. The lowest BCUT2D eigenvalue weighted by atomic mass is 9.98. The molecule has 0 amide bonds. The fourth-order valence-electron chi connectivity index (χ4n) is 8.44. The molecular weight excluding hydrogens is 653 g/mol. The summed E-state index contributed by atoms with van der Waals surface area (Å²) in [6.45, 7) is 0. The molecule has 54 heavy (non-hydrogen) atoms. The molecule has 2 aromatic heterocycles. The van der Waals surface area contributed by atoms with Crippen LogP contribution in [-0.2, 0) is 0 Å². The van der Waals surface area contributed by atoms with Gasteiger partial charge in [0.15, 0.2) is 0 Å². The Labute approximate surface area is 313 Å². The summed E-state index contributed by atoms with van der Waals surface area (Å²) in [4.78, 5) is 0. The van der Waals surface area contributed by atoms with Gasteiger partial charge in [-0.3, -0.25) is 0 Å². The molecule has 0 aliphatic rings. The van der Waals surface area contributed by atoms with E-state index in [1.165, 1.54) is 87.6 Å². The van der Waals surface area contributed by atoms with E-state index in [2.05, 4.69) is 216 Å². The molecule has 0 radical (unpaired) electrons. The number of para-hydroxylation sites is 1. The van der Waals surface area contributed by atoms with Gasteiger partial charge in [-0.1, -0.05) is 133 Å². The van der Waals surface area contributed by atoms with E-state index in [4.69, 9.17) is 0 Å². The third kappa shape index (κ3) is 4.96. The number of benzene rings is 9. The highest BCUT2D eigenvalue weighted by Crippen LogP contribution is 2.39. The normalized spacial score (nSPS) is 11.7. The first kappa shape index (κ1) is 30.5. The summed E-state index contributed by atoms with van der Waals surface area (Å²) in [5.74, 6) is 0. The summed E-state index contributed by atoms with van der Waals surface area (Å²) in [6, 6.07) is 73.1. The zero-order chi connectivity index (χ0) is 35.6. The van der Waals surface area contributed by atoms with Crippen molar-refractivity contribution < 1.29 is 0 Å². The highest BCUT2D eigenvalue weighted by Gasteiger charge is 2.18. The van der Waals surface area contributed by atoms with Gasteiger partial charge in [-0.25, -0.2) is 0 Å². The second-order valence-electron chi connectivity index (χ2n) is 14.2. The summed E-state index contributed by atoms with van der Waals surface area (Å²) in [5, 5.41) is 8.80. The van der Waals surface area contributed by atoms with Crippen molar-refractivity contribution in [2.45, 2.75) is 0 Å². The molecule has 0 saturated carbocycles. The summed E-state index contributed by atoms with van der Waals surface area (Å²) in [7, 11) is 0. The molecule has 0 aliphatic carbocycles. The van der Waals surface area contributed by atoms with Gasteiger partial charge in [0.25, 0.3) is 0 Å². The number of fused-ring (bicyclic) bond motifs is 7. The zero-order valence-corrected chi connectivity index (χ0v) is 29.5. The fraction of sp³-hybridized carbons (Fsp3) is 0. The topological polar surface area (TPSA) is 9.86 Å². The van der Waals surface area contributed by atoms with Crippen molar-refractivity contribution in [3.8, 4) is 44.8 Å². The molecule has 0 fully saturated rings. The number of rotatable bonds is 5. The molecule has 2 nitrogen and oxygen atoms in total. The van der Waals surface area contributed by atoms with Crippen molar-refractivity contribution in [1.29, 1.82) is 0 Å². The first-order valence-corrected chi connectivity index (χ1v) is 18.6. The second-order valence-corrected chi connectivity index (χ2v) is 14.2. The van der Waals surface area contributed by atoms with E-state index in [0.717, 1.165) is 11.4 Å². The first-order chi connectivity index (χ1) is 26.7. The third-order valence-electron chi connectivity index (χ3n) is 11.1. The van der Waals surface area contributed by atoms with Crippen LogP contribution in [0.15, 0.2) is 206 Å². The molecule has 0 spiro atoms. The Hall–Kier alpha value is -7.16. The maximum atomic E-state index is 2.45. The summed E-state index contributed by atoms with van der Waals surface area (Å²) >= 11 is 0. The summed E-state index contributed by atoms with van der Waals surface area (Å²) in [5.41, 5.74) is 13.1. The minimum atomic E-state index is 1.14. The Bertz CT molecular complexity index is 3130. The smallest absolute Gasteiger partial charge is 0.0635 e. The third-order valence-corrected chi connectivity index (χ3v) is 11.1. The van der Waals surface area contributed by atoms with E-state index in [-0.39, 0.29) is 0 Å². The van der Waals surface area contributed by atoms with Crippen molar-refractivity contribution in [2.24, 2.45) is 0 Å². The van der Waals surface area contributed by atoms with Crippen molar-refractivity contribution in [3.63, 3.8) is 0 Å². The Morgan fingerprint density at radius 2 is 0.870 bits per heavy atom. The van der Waals surface area contributed by atoms with Gasteiger partial charge in [0, 0.05) is 33.7 Å². The summed E-state index contributed by atoms with van der Waals surface area (Å²) < 4.78 is 4.80. The Morgan fingerprint density at radius 3 is 1.59 bits per heavy atom. The average molecular weight is 687 g/mol. The molecule has 11 aromatic rings. The van der Waals surface area contributed by atoms with Crippen LogP contribution in [0, 0.1) is 0 Å². The molecule has 0 unspecified atom stereocenters. The van der Waals surface area contributed by atoms with E-state index in [1.54, 1.807) is 0 Å². The fourth-order valence-corrected chi connectivity index (χ4v) is 8.44. The van der Waals surface area contributed by atoms with Gasteiger partial charge in [-0.15, -0.1) is 0 Å². The molecule has 0 bridgehead atoms. The van der Waals surface area contributed by atoms with Gasteiger partial charge in [0.05, 0.1) is 16.6 Å². The van der Waals surface area contributed by atoms with Crippen LogP contribution in [0.3, 0.4) is 0 Å². The van der Waals surface area contributed by atoms with Crippen molar-refractivity contribution in [2.75, 3.05) is 0 Å². The van der Waals surface area contributed by atoms with Gasteiger partial charge in [0.1, 0.15) is 0 Å². The van der Waals surface area contributed by atoms with Crippen LogP contribution in [0.25, 0.3) is 99.0 Å². The molecule has 0 aliphatic heterocycles. The number of nitrogens with zero attached hydrogens (tertiary/aromatic N) is 2. The SMILES string of the molecule is c1ccc(-c2cc(-c3ccccc3)cc(-n3ccc4c3ccc3c5ccccc5n(-c5ccc(-c6ccc7cc8ccccc8cc7c6)cc5)c34)c2)cc1. The van der Waals surface area contributed by atoms with Crippen LogP contribution >= 0.6 is 0 Å². The molecular formula is C52H34N2. The number of hydrogen-bond donors (Lipinski definition) is 0. The first-order valence-electron chi connectivity index (χ1n) is 18.6. The molecule has 9 aromatic carbocycles. The molecule has 0 saturated heterocycles. The largest absolute Gasteiger partial charge is 0.316 e. The minimum absolute atomic E-state index is 1.14. The lowest BCUT2D eigenvalue weighted by Crippen LogP contribution is -1.96. The predicted molar refractivity (Wildman–Crippen MR) is 229 cm³/mol. The quantitative estimate of drug-likeness (QED) is 0.160. The monoisotopic (exact) mass is 686 g/mol. The van der Waals surface area contributed by atoms with E-state index < -0.39 is 0 Å². The molecule has 2 heterocycles. The highest BCUT2D eigenvalue weighted by atomic mass is 15.0. The maximum Gasteiger partial charge on any atom is 0.0635 e. The number of hydrogen-bond acceptors (Lipinski definition) is 0. The minimum Gasteiger partial charge on any atom is -0.316 e. The Kier molecular flexibility index (Phi) is 6.90. The lowest BCUT2D eigenvalue weighted by molar-refractivity contribution is 1.13. The Morgan fingerprint density at radius 1 is 0.278 bits per heavy atom. The average Bonchev–Trinajstić information content (AvgIpc) is 3.83. The van der Waals surface area contributed by atoms with Crippen LogP contribution in [-0.4, -0.2) is 9.13 Å². The van der Waals surface area contributed by atoms with E-state index in [1.807, 2.05) is 0 Å². The van der Waals surface area contributed by atoms with Gasteiger partial charge in [-0.2, -0.15) is 0 Å². The molecule has 11 rings (SSSR count). The highest BCUT2D eigenvalue weighted by molar-refractivity contribution is 6.18. The number of aromatic nitrogens is 2. The van der Waals surface area contributed by atoms with Crippen molar-refractivity contribution in [1.82, 2.24) is 9.13 Å². The van der Waals surface area contributed by atoms with Gasteiger partial charge in [-0.05, 0) is 122 Å². The van der Waals surface area contributed by atoms with Gasteiger partial charge < -0.3 is 9.13 Å². The van der Waals surface area contributed by atoms with E-state index in [9.17, 15) is 0 Å². The lowest BCUT2D eigenvalue weighted by Gasteiger charge is -2.13.